The van der Waals surface area contributed by atoms with E-state index >= 15 is 0 Å². The molecule has 5 atom stereocenters. The van der Waals surface area contributed by atoms with Crippen LogP contribution in [0.3, 0.4) is 0 Å². The van der Waals surface area contributed by atoms with E-state index < -0.39 is 0 Å². The molecule has 0 amide bonds. The number of carbonyl (C=O) groups is 1. The summed E-state index contributed by atoms with van der Waals surface area (Å²) in [4.78, 5) is 11.7. The van der Waals surface area contributed by atoms with Crippen LogP contribution in [0, 0.1) is 40.4 Å². The molecule has 2 heteroatoms. The zero-order chi connectivity index (χ0) is 16.2. The monoisotopic (exact) mass is 307 g/mol. The average molecular weight is 307 g/mol. The van der Waals surface area contributed by atoms with Gasteiger partial charge in [0, 0.05) is 12.5 Å². The number of rotatable bonds is 0. The highest BCUT2D eigenvalue weighted by molar-refractivity contribution is 5.91. The van der Waals surface area contributed by atoms with Gasteiger partial charge >= 0.3 is 0 Å². The quantitative estimate of drug-likeness (QED) is 0.606. The Hall–Kier alpha value is -1.62. The SMILES string of the molecule is C=C1C[C@H]2[C@@H]3CCC4=CC(=O)CC[C@@H]4[C@H]3CC[C@]2(C)C1=CC#N. The Bertz CT molecular complexity index is 676. The van der Waals surface area contributed by atoms with Crippen molar-refractivity contribution in [2.45, 2.75) is 51.9 Å². The molecule has 0 aromatic rings. The predicted octanol–water partition coefficient (Wildman–Crippen LogP) is 4.74. The molecule has 0 unspecified atom stereocenters. The van der Waals surface area contributed by atoms with Crippen LogP contribution in [0.25, 0.3) is 0 Å². The van der Waals surface area contributed by atoms with E-state index in [1.807, 2.05) is 6.08 Å². The van der Waals surface area contributed by atoms with Crippen LogP contribution in [-0.2, 0) is 4.79 Å². The number of hydrogen-bond donors (Lipinski definition) is 0. The fourth-order valence-electron chi connectivity index (χ4n) is 6.32. The molecule has 0 bridgehead atoms. The molecule has 0 heterocycles. The van der Waals surface area contributed by atoms with Gasteiger partial charge < -0.3 is 0 Å². The van der Waals surface area contributed by atoms with E-state index in [-0.39, 0.29) is 5.41 Å². The highest BCUT2D eigenvalue weighted by atomic mass is 16.1. The normalized spacial score (nSPS) is 44.2. The van der Waals surface area contributed by atoms with Crippen LogP contribution in [-0.4, -0.2) is 5.78 Å². The number of fused-ring (bicyclic) bond motifs is 5. The minimum absolute atomic E-state index is 0.152. The molecule has 4 aliphatic carbocycles. The van der Waals surface area contributed by atoms with Gasteiger partial charge in [-0.2, -0.15) is 5.26 Å². The summed E-state index contributed by atoms with van der Waals surface area (Å²) < 4.78 is 0. The second-order valence-electron chi connectivity index (χ2n) is 8.25. The molecule has 23 heavy (non-hydrogen) atoms. The Morgan fingerprint density at radius 3 is 2.91 bits per heavy atom. The summed E-state index contributed by atoms with van der Waals surface area (Å²) in [5.74, 6) is 3.12. The molecule has 0 N–H and O–H groups in total. The number of ketones is 1. The van der Waals surface area contributed by atoms with E-state index in [0.717, 1.165) is 37.5 Å². The van der Waals surface area contributed by atoms with E-state index in [2.05, 4.69) is 19.6 Å². The van der Waals surface area contributed by atoms with Crippen LogP contribution in [0.2, 0.25) is 0 Å². The van der Waals surface area contributed by atoms with Crippen LogP contribution >= 0.6 is 0 Å². The molecule has 4 aliphatic rings. The largest absolute Gasteiger partial charge is 0.295 e. The van der Waals surface area contributed by atoms with Crippen molar-refractivity contribution in [2.24, 2.45) is 29.1 Å². The van der Waals surface area contributed by atoms with Gasteiger partial charge in [-0.1, -0.05) is 24.6 Å². The number of nitrogens with zero attached hydrogens (tertiary/aromatic N) is 1. The topological polar surface area (TPSA) is 40.9 Å². The number of carbonyl (C=O) groups excluding carboxylic acids is 1. The number of hydrogen-bond acceptors (Lipinski definition) is 2. The smallest absolute Gasteiger partial charge is 0.155 e. The van der Waals surface area contributed by atoms with Gasteiger partial charge in [0.15, 0.2) is 5.78 Å². The molecule has 0 spiro atoms. The third kappa shape index (κ3) is 2.09. The second-order valence-corrected chi connectivity index (χ2v) is 8.25. The average Bonchev–Trinajstić information content (AvgIpc) is 2.79. The molecule has 3 saturated carbocycles. The summed E-state index contributed by atoms with van der Waals surface area (Å²) in [6.45, 7) is 6.64. The maximum Gasteiger partial charge on any atom is 0.155 e. The highest BCUT2D eigenvalue weighted by Gasteiger charge is 2.55. The second kappa shape index (κ2) is 5.20. The van der Waals surface area contributed by atoms with E-state index in [9.17, 15) is 4.79 Å². The highest BCUT2D eigenvalue weighted by Crippen LogP contribution is 2.64. The van der Waals surface area contributed by atoms with Gasteiger partial charge in [-0.05, 0) is 79.3 Å². The Kier molecular flexibility index (Phi) is 3.38. The standard InChI is InChI=1S/C21H25NO/c1-13-11-20-18-5-3-14-12-15(23)4-6-16(14)17(18)7-9-21(20,2)19(13)8-10-22/h8,12,16-18,20H,1,3-7,9,11H2,2H3/t16-,17+,18+,20-,21+/m0/s1. The lowest BCUT2D eigenvalue weighted by Gasteiger charge is -2.52. The van der Waals surface area contributed by atoms with Crippen molar-refractivity contribution in [3.8, 4) is 6.07 Å². The van der Waals surface area contributed by atoms with Crippen molar-refractivity contribution in [2.75, 3.05) is 0 Å². The summed E-state index contributed by atoms with van der Waals surface area (Å²) in [5, 5.41) is 9.15. The Morgan fingerprint density at radius 2 is 2.13 bits per heavy atom. The molecule has 120 valence electrons. The van der Waals surface area contributed by atoms with Gasteiger partial charge in [0.25, 0.3) is 0 Å². The van der Waals surface area contributed by atoms with Crippen LogP contribution < -0.4 is 0 Å². The van der Waals surface area contributed by atoms with Gasteiger partial charge in [-0.15, -0.1) is 0 Å². The van der Waals surface area contributed by atoms with Crippen molar-refractivity contribution in [3.63, 3.8) is 0 Å². The van der Waals surface area contributed by atoms with E-state index in [1.165, 1.54) is 36.0 Å². The maximum absolute atomic E-state index is 11.7. The summed E-state index contributed by atoms with van der Waals surface area (Å²) >= 11 is 0. The lowest BCUT2D eigenvalue weighted by Crippen LogP contribution is -2.45. The molecule has 0 aliphatic heterocycles. The first-order valence-corrected chi connectivity index (χ1v) is 9.06. The molecule has 4 rings (SSSR count). The lowest BCUT2D eigenvalue weighted by molar-refractivity contribution is -0.115. The third-order valence-electron chi connectivity index (χ3n) is 7.36. The van der Waals surface area contributed by atoms with Gasteiger partial charge in [0.1, 0.15) is 0 Å². The van der Waals surface area contributed by atoms with Crippen molar-refractivity contribution >= 4 is 5.78 Å². The Labute approximate surface area is 139 Å². The van der Waals surface area contributed by atoms with E-state index in [4.69, 9.17) is 5.26 Å². The Morgan fingerprint density at radius 1 is 1.30 bits per heavy atom. The Balaban J connectivity index is 1.67. The third-order valence-corrected chi connectivity index (χ3v) is 7.36. The summed E-state index contributed by atoms with van der Waals surface area (Å²) in [6.07, 6.45) is 11.3. The molecule has 0 aromatic heterocycles. The van der Waals surface area contributed by atoms with Gasteiger partial charge in [0.05, 0.1) is 6.07 Å². The first-order chi connectivity index (χ1) is 11.0. The lowest BCUT2D eigenvalue weighted by atomic mass is 9.52. The number of nitriles is 1. The van der Waals surface area contributed by atoms with Crippen LogP contribution in [0.4, 0.5) is 0 Å². The van der Waals surface area contributed by atoms with Crippen LogP contribution in [0.5, 0.6) is 0 Å². The fraction of sp³-hybridized carbons (Fsp3) is 0.619. The minimum atomic E-state index is 0.152. The molecule has 0 radical (unpaired) electrons. The number of allylic oxidation sites excluding steroid dienone is 4. The molecule has 3 fully saturated rings. The summed E-state index contributed by atoms with van der Waals surface area (Å²) in [7, 11) is 0. The maximum atomic E-state index is 11.7. The van der Waals surface area contributed by atoms with Crippen LogP contribution in [0.15, 0.2) is 35.5 Å². The van der Waals surface area contributed by atoms with Crippen LogP contribution in [0.1, 0.15) is 51.9 Å². The van der Waals surface area contributed by atoms with Gasteiger partial charge in [-0.3, -0.25) is 4.79 Å². The van der Waals surface area contributed by atoms with Crippen molar-refractivity contribution < 1.29 is 4.79 Å². The van der Waals surface area contributed by atoms with Crippen molar-refractivity contribution in [3.05, 3.63) is 35.5 Å². The zero-order valence-electron chi connectivity index (χ0n) is 14.0. The molecular formula is C21H25NO. The van der Waals surface area contributed by atoms with E-state index in [1.54, 1.807) is 6.08 Å². The van der Waals surface area contributed by atoms with Gasteiger partial charge in [0.2, 0.25) is 0 Å². The molecule has 0 aromatic carbocycles. The van der Waals surface area contributed by atoms with E-state index in [0.29, 0.717) is 17.6 Å². The van der Waals surface area contributed by atoms with Gasteiger partial charge in [-0.25, -0.2) is 0 Å². The van der Waals surface area contributed by atoms with Crippen molar-refractivity contribution in [1.29, 1.82) is 5.26 Å². The molecule has 2 nitrogen and oxygen atoms in total. The first-order valence-electron chi connectivity index (χ1n) is 9.06. The zero-order valence-corrected chi connectivity index (χ0v) is 14.0. The molecular weight excluding hydrogens is 282 g/mol. The minimum Gasteiger partial charge on any atom is -0.295 e. The predicted molar refractivity (Wildman–Crippen MR) is 90.3 cm³/mol. The molecule has 0 saturated heterocycles. The fourth-order valence-corrected chi connectivity index (χ4v) is 6.32. The first kappa shape index (κ1) is 14.9. The summed E-state index contributed by atoms with van der Waals surface area (Å²) in [6, 6.07) is 2.25. The van der Waals surface area contributed by atoms with Crippen molar-refractivity contribution in [1.82, 2.24) is 0 Å². The summed E-state index contributed by atoms with van der Waals surface area (Å²) in [5.41, 5.74) is 4.01.